The highest BCUT2D eigenvalue weighted by Crippen LogP contribution is 2.37. The molecular weight excluding hydrogens is 513 g/mol. The summed E-state index contributed by atoms with van der Waals surface area (Å²) in [6, 6.07) is 33.9. The number of allylic oxidation sites excluding steroid dienone is 5. The van der Waals surface area contributed by atoms with Crippen LogP contribution in [0.15, 0.2) is 128 Å². The summed E-state index contributed by atoms with van der Waals surface area (Å²) in [6.45, 7) is 6.02. The van der Waals surface area contributed by atoms with Crippen molar-refractivity contribution in [2.24, 2.45) is 0 Å². The Hall–Kier alpha value is -4.05. The van der Waals surface area contributed by atoms with Crippen LogP contribution in [0.4, 0.5) is 0 Å². The summed E-state index contributed by atoms with van der Waals surface area (Å²) in [4.78, 5) is 2.42. The Balaban J connectivity index is 1.49. The van der Waals surface area contributed by atoms with Gasteiger partial charge in [-0.1, -0.05) is 90.4 Å². The number of nitrogens with zero attached hydrogens (tertiary/aromatic N) is 1. The lowest BCUT2D eigenvalue weighted by Gasteiger charge is -2.10. The fourth-order valence-electron chi connectivity index (χ4n) is 5.04. The highest BCUT2D eigenvalue weighted by molar-refractivity contribution is 7.16. The second kappa shape index (κ2) is 10.6. The standard InChI is InChI=1S/C35H25BClNS/c1-3-5-7-23(4-2)34-18-19-35(39-34)26-8-6-9-29(20-26)38-32-16-12-25(24-10-14-28(37)15-11-24)21-30(32)31-22-27(36)13-17-33(31)38/h3-22H,2H2,1H3/b5-3-,23-7+. The zero-order valence-electron chi connectivity index (χ0n) is 21.6. The fraction of sp³-hybridized carbons (Fsp3) is 0.0286. The van der Waals surface area contributed by atoms with E-state index in [9.17, 15) is 0 Å². The van der Waals surface area contributed by atoms with Crippen LogP contribution in [0.3, 0.4) is 0 Å². The SMILES string of the molecule is [B]c1ccc2c(c1)c1cc(-c3ccc(Cl)cc3)ccc1n2-c1cccc(-c2ccc(/C(C=C)=C/C=C\C)s2)c1. The van der Waals surface area contributed by atoms with Gasteiger partial charge < -0.3 is 4.57 Å². The average molecular weight is 538 g/mol. The molecule has 2 radical (unpaired) electrons. The lowest BCUT2D eigenvalue weighted by Crippen LogP contribution is -2.00. The summed E-state index contributed by atoms with van der Waals surface area (Å²) >= 11 is 7.91. The zero-order valence-corrected chi connectivity index (χ0v) is 23.1. The highest BCUT2D eigenvalue weighted by Gasteiger charge is 2.15. The van der Waals surface area contributed by atoms with Gasteiger partial charge in [-0.3, -0.25) is 0 Å². The van der Waals surface area contributed by atoms with Crippen molar-refractivity contribution in [3.05, 3.63) is 138 Å². The van der Waals surface area contributed by atoms with Gasteiger partial charge in [-0.15, -0.1) is 11.3 Å². The van der Waals surface area contributed by atoms with E-state index in [0.717, 1.165) is 49.3 Å². The summed E-state index contributed by atoms with van der Waals surface area (Å²) in [5.74, 6) is 0. The van der Waals surface area contributed by atoms with Crippen molar-refractivity contribution in [2.45, 2.75) is 6.92 Å². The minimum Gasteiger partial charge on any atom is -0.309 e. The van der Waals surface area contributed by atoms with E-state index in [4.69, 9.17) is 19.4 Å². The number of hydrogen-bond donors (Lipinski definition) is 0. The van der Waals surface area contributed by atoms with Crippen LogP contribution >= 0.6 is 22.9 Å². The van der Waals surface area contributed by atoms with Gasteiger partial charge in [-0.2, -0.15) is 0 Å². The Morgan fingerprint density at radius 1 is 0.821 bits per heavy atom. The van der Waals surface area contributed by atoms with Crippen molar-refractivity contribution in [3.8, 4) is 27.3 Å². The van der Waals surface area contributed by atoms with Gasteiger partial charge in [0.2, 0.25) is 0 Å². The van der Waals surface area contributed by atoms with E-state index in [2.05, 4.69) is 96.1 Å². The van der Waals surface area contributed by atoms with Crippen LogP contribution in [-0.4, -0.2) is 12.4 Å². The molecule has 6 aromatic rings. The molecule has 0 aliphatic heterocycles. The van der Waals surface area contributed by atoms with Crippen LogP contribution in [0.25, 0.3) is 54.6 Å². The van der Waals surface area contributed by atoms with Crippen molar-refractivity contribution in [2.75, 3.05) is 0 Å². The summed E-state index contributed by atoms with van der Waals surface area (Å²) in [7, 11) is 6.26. The molecular formula is C35H25BClNS. The maximum absolute atomic E-state index is 6.26. The van der Waals surface area contributed by atoms with Crippen molar-refractivity contribution in [1.29, 1.82) is 0 Å². The zero-order chi connectivity index (χ0) is 26.9. The van der Waals surface area contributed by atoms with Crippen LogP contribution in [0, 0.1) is 0 Å². The summed E-state index contributed by atoms with van der Waals surface area (Å²) < 4.78 is 2.33. The third-order valence-corrected chi connectivity index (χ3v) is 8.37. The van der Waals surface area contributed by atoms with Crippen molar-refractivity contribution in [3.63, 3.8) is 0 Å². The highest BCUT2D eigenvalue weighted by atomic mass is 35.5. The van der Waals surface area contributed by atoms with Crippen LogP contribution in [0.2, 0.25) is 5.02 Å². The van der Waals surface area contributed by atoms with E-state index in [1.54, 1.807) is 11.3 Å². The first-order chi connectivity index (χ1) is 19.1. The predicted molar refractivity (Wildman–Crippen MR) is 173 cm³/mol. The van der Waals surface area contributed by atoms with Gasteiger partial charge in [0.25, 0.3) is 0 Å². The molecule has 4 heteroatoms. The normalized spacial score (nSPS) is 12.1. The molecule has 0 fully saturated rings. The molecule has 2 aromatic heterocycles. The fourth-order valence-corrected chi connectivity index (χ4v) is 6.19. The lowest BCUT2D eigenvalue weighted by atomic mass is 9.94. The monoisotopic (exact) mass is 537 g/mol. The molecule has 6 rings (SSSR count). The van der Waals surface area contributed by atoms with Crippen molar-refractivity contribution >= 4 is 63.6 Å². The molecule has 2 heterocycles. The maximum Gasteiger partial charge on any atom is 0.113 e. The van der Waals surface area contributed by atoms with Crippen LogP contribution < -0.4 is 5.46 Å². The number of benzene rings is 4. The summed E-state index contributed by atoms with van der Waals surface area (Å²) in [5, 5.41) is 3.03. The Morgan fingerprint density at radius 3 is 2.33 bits per heavy atom. The van der Waals surface area contributed by atoms with E-state index in [1.807, 2.05) is 43.4 Å². The molecule has 0 atom stereocenters. The Morgan fingerprint density at radius 2 is 1.56 bits per heavy atom. The number of halogens is 1. The second-order valence-electron chi connectivity index (χ2n) is 9.42. The Bertz CT molecular complexity index is 1900. The first-order valence-electron chi connectivity index (χ1n) is 12.8. The molecule has 39 heavy (non-hydrogen) atoms. The second-order valence-corrected chi connectivity index (χ2v) is 10.9. The molecule has 0 spiro atoms. The maximum atomic E-state index is 6.26. The number of aromatic nitrogens is 1. The van der Waals surface area contributed by atoms with Crippen molar-refractivity contribution in [1.82, 2.24) is 4.57 Å². The molecule has 0 saturated heterocycles. The molecule has 0 saturated carbocycles. The number of thiophene rings is 1. The van der Waals surface area contributed by atoms with E-state index in [0.29, 0.717) is 0 Å². The number of hydrogen-bond acceptors (Lipinski definition) is 1. The molecule has 0 amide bonds. The Labute approximate surface area is 239 Å². The van der Waals surface area contributed by atoms with Gasteiger partial charge in [0, 0.05) is 31.2 Å². The smallest absolute Gasteiger partial charge is 0.113 e. The largest absolute Gasteiger partial charge is 0.309 e. The molecule has 186 valence electrons. The van der Waals surface area contributed by atoms with Gasteiger partial charge in [0.05, 0.1) is 11.0 Å². The summed E-state index contributed by atoms with van der Waals surface area (Å²) in [6.07, 6.45) is 8.08. The number of fused-ring (bicyclic) bond motifs is 3. The molecule has 0 N–H and O–H groups in total. The lowest BCUT2D eigenvalue weighted by molar-refractivity contribution is 1.18. The van der Waals surface area contributed by atoms with Gasteiger partial charge in [-0.25, -0.2) is 0 Å². The van der Waals surface area contributed by atoms with E-state index >= 15 is 0 Å². The summed E-state index contributed by atoms with van der Waals surface area (Å²) in [5.41, 5.74) is 8.70. The molecule has 1 nitrogen and oxygen atoms in total. The molecule has 4 aromatic carbocycles. The molecule has 0 bridgehead atoms. The minimum absolute atomic E-state index is 0.733. The third kappa shape index (κ3) is 4.80. The van der Waals surface area contributed by atoms with Gasteiger partial charge in [0.15, 0.2) is 0 Å². The van der Waals surface area contributed by atoms with Crippen LogP contribution in [0.1, 0.15) is 11.8 Å². The molecule has 0 unspecified atom stereocenters. The number of rotatable bonds is 6. The average Bonchev–Trinajstić information content (AvgIpc) is 3.57. The molecule has 0 aliphatic rings. The van der Waals surface area contributed by atoms with Crippen LogP contribution in [-0.2, 0) is 0 Å². The van der Waals surface area contributed by atoms with E-state index < -0.39 is 0 Å². The van der Waals surface area contributed by atoms with Crippen LogP contribution in [0.5, 0.6) is 0 Å². The first kappa shape index (κ1) is 25.2. The van der Waals surface area contributed by atoms with E-state index in [-0.39, 0.29) is 0 Å². The van der Waals surface area contributed by atoms with Gasteiger partial charge in [-0.05, 0) is 83.8 Å². The molecule has 0 aliphatic carbocycles. The minimum atomic E-state index is 0.733. The predicted octanol–water partition coefficient (Wildman–Crippen LogP) is 9.77. The first-order valence-corrected chi connectivity index (χ1v) is 14.0. The third-order valence-electron chi connectivity index (χ3n) is 6.93. The van der Waals surface area contributed by atoms with Gasteiger partial charge >= 0.3 is 0 Å². The van der Waals surface area contributed by atoms with Crippen molar-refractivity contribution < 1.29 is 0 Å². The topological polar surface area (TPSA) is 4.93 Å². The Kier molecular flexibility index (Phi) is 6.87. The quantitative estimate of drug-likeness (QED) is 0.147. The van der Waals surface area contributed by atoms with Gasteiger partial charge in [0.1, 0.15) is 7.85 Å². The van der Waals surface area contributed by atoms with E-state index in [1.165, 1.54) is 20.7 Å².